The number of nitrogens with zero attached hydrogens (tertiary/aromatic N) is 4. The normalized spacial score (nSPS) is 11.3. The lowest BCUT2D eigenvalue weighted by atomic mass is 9.90. The Morgan fingerprint density at radius 1 is 0.930 bits per heavy atom. The van der Waals surface area contributed by atoms with Crippen LogP contribution in [-0.2, 0) is 9.59 Å². The van der Waals surface area contributed by atoms with Gasteiger partial charge < -0.3 is 20.9 Å². The minimum Gasteiger partial charge on any atom is -0.358 e. The predicted octanol–water partition coefficient (Wildman–Crippen LogP) is 3.48. The Bertz CT molecular complexity index is 1390. The lowest BCUT2D eigenvalue weighted by Gasteiger charge is -2.23. The molecule has 4 N–H and O–H groups in total. The lowest BCUT2D eigenvalue weighted by molar-refractivity contribution is -0.123. The Labute approximate surface area is 252 Å². The van der Waals surface area contributed by atoms with Crippen molar-refractivity contribution >= 4 is 53.1 Å². The molecule has 0 saturated heterocycles. The molecule has 0 aliphatic heterocycles. The van der Waals surface area contributed by atoms with Gasteiger partial charge in [0.15, 0.2) is 0 Å². The minimum absolute atomic E-state index is 0.254. The second-order valence-electron chi connectivity index (χ2n) is 10.3. The summed E-state index contributed by atoms with van der Waals surface area (Å²) in [5.74, 6) is -0.875. The number of benzene rings is 1. The molecule has 0 atom stereocenters. The number of likely N-dealkylation sites (N-methyl/N-ethyl adjacent to an activating group) is 2. The Balaban J connectivity index is 2.16. The predicted molar refractivity (Wildman–Crippen MR) is 171 cm³/mol. The van der Waals surface area contributed by atoms with E-state index in [1.54, 1.807) is 66.7 Å². The van der Waals surface area contributed by atoms with E-state index < -0.39 is 23.8 Å². The van der Waals surface area contributed by atoms with Gasteiger partial charge in [-0.2, -0.15) is 5.10 Å². The van der Waals surface area contributed by atoms with Crippen LogP contribution in [0.4, 0.5) is 16.3 Å². The third-order valence-electron chi connectivity index (χ3n) is 6.10. The van der Waals surface area contributed by atoms with Crippen molar-refractivity contribution in [2.75, 3.05) is 44.6 Å². The first-order valence-corrected chi connectivity index (χ1v) is 13.5. The molecule has 0 spiro atoms. The average Bonchev–Trinajstić information content (AvgIpc) is 2.98. The molecular weight excluding hydrogens is 548 g/mol. The Hall–Kier alpha value is -5.26. The van der Waals surface area contributed by atoms with Crippen molar-refractivity contribution in [2.24, 2.45) is 10.5 Å². The van der Waals surface area contributed by atoms with Gasteiger partial charge in [0.1, 0.15) is 18.9 Å². The molecule has 1 aromatic carbocycles. The topological polar surface area (TPSA) is 148 Å². The minimum atomic E-state index is -0.478. The van der Waals surface area contributed by atoms with Crippen LogP contribution < -0.4 is 26.3 Å². The molecular formula is C31H40N8O4. The average molecular weight is 589 g/mol. The van der Waals surface area contributed by atoms with Gasteiger partial charge in [-0.15, -0.1) is 0 Å². The fourth-order valence-corrected chi connectivity index (χ4v) is 3.60. The van der Waals surface area contributed by atoms with E-state index in [0.29, 0.717) is 28.5 Å². The van der Waals surface area contributed by atoms with Crippen molar-refractivity contribution in [3.8, 4) is 0 Å². The van der Waals surface area contributed by atoms with Crippen LogP contribution in [0.5, 0.6) is 0 Å². The van der Waals surface area contributed by atoms with Crippen molar-refractivity contribution in [1.82, 2.24) is 25.8 Å². The largest absolute Gasteiger partial charge is 0.358 e. The highest BCUT2D eigenvalue weighted by Crippen LogP contribution is 2.21. The summed E-state index contributed by atoms with van der Waals surface area (Å²) in [7, 11) is 4.68. The third kappa shape index (κ3) is 10.3. The quantitative estimate of drug-likeness (QED) is 0.220. The number of amides is 5. The van der Waals surface area contributed by atoms with Gasteiger partial charge >= 0.3 is 6.03 Å². The van der Waals surface area contributed by atoms with Gasteiger partial charge in [-0.1, -0.05) is 40.0 Å². The number of nitrogens with one attached hydrogen (secondary N) is 4. The molecule has 2 aromatic rings. The number of hydrazone groups is 1. The molecule has 1 heterocycles. The van der Waals surface area contributed by atoms with Gasteiger partial charge in [0.05, 0.1) is 17.1 Å². The Morgan fingerprint density at radius 3 is 2.05 bits per heavy atom. The molecule has 12 nitrogen and oxygen atoms in total. The van der Waals surface area contributed by atoms with Crippen LogP contribution in [0.3, 0.4) is 0 Å². The molecule has 12 heteroatoms. The highest BCUT2D eigenvalue weighted by atomic mass is 16.2. The summed E-state index contributed by atoms with van der Waals surface area (Å²) in [5, 5.41) is 16.6. The molecule has 2 rings (SSSR count). The summed E-state index contributed by atoms with van der Waals surface area (Å²) in [6.45, 7) is 12.9. The van der Waals surface area contributed by atoms with Gasteiger partial charge in [-0.05, 0) is 54.1 Å². The standard InChI is InChI=1S/C31H40N8O4/c1-9-21-13-16-26(35-24(21)10-2)36-30(43)34-18-17-25(31(3,4)5)37-38(8)23-14-11-22(12-15-23)29(42)39(19-27(40)32-6)20-28(41)33-7/h9-18H,1-2,19-20H2,3-8H3,(H,32,40)(H,33,41)(H2,34,35,36,43)/b18-17+,37-25+. The fraction of sp³-hybridized carbons (Fsp3) is 0.290. The number of aromatic nitrogens is 1. The molecule has 0 unspecified atom stereocenters. The monoisotopic (exact) mass is 588 g/mol. The van der Waals surface area contributed by atoms with Crippen LogP contribution in [0.15, 0.2) is 66.9 Å². The van der Waals surface area contributed by atoms with Gasteiger partial charge in [0.25, 0.3) is 5.91 Å². The van der Waals surface area contributed by atoms with E-state index in [4.69, 9.17) is 5.10 Å². The summed E-state index contributed by atoms with van der Waals surface area (Å²) < 4.78 is 0. The van der Waals surface area contributed by atoms with Crippen LogP contribution in [0.2, 0.25) is 0 Å². The van der Waals surface area contributed by atoms with E-state index in [2.05, 4.69) is 39.4 Å². The van der Waals surface area contributed by atoms with E-state index in [9.17, 15) is 19.2 Å². The Kier molecular flexibility index (Phi) is 12.4. The first-order valence-electron chi connectivity index (χ1n) is 13.5. The number of carbonyl (C=O) groups excluding carboxylic acids is 4. The Morgan fingerprint density at radius 2 is 1.53 bits per heavy atom. The number of allylic oxidation sites excluding steroid dienone is 1. The molecule has 0 bridgehead atoms. The molecule has 0 aliphatic carbocycles. The van der Waals surface area contributed by atoms with Gasteiger partial charge in [-0.3, -0.25) is 24.7 Å². The summed E-state index contributed by atoms with van der Waals surface area (Å²) in [6, 6.07) is 9.63. The fourth-order valence-electron chi connectivity index (χ4n) is 3.60. The maximum atomic E-state index is 13.1. The van der Waals surface area contributed by atoms with Crippen LogP contribution >= 0.6 is 0 Å². The van der Waals surface area contributed by atoms with Crippen LogP contribution in [0.1, 0.15) is 42.4 Å². The first kappa shape index (κ1) is 33.9. The third-order valence-corrected chi connectivity index (χ3v) is 6.10. The van der Waals surface area contributed by atoms with Gasteiger partial charge in [0.2, 0.25) is 11.8 Å². The molecule has 0 fully saturated rings. The number of pyridine rings is 1. The van der Waals surface area contributed by atoms with Crippen molar-refractivity contribution in [2.45, 2.75) is 20.8 Å². The van der Waals surface area contributed by atoms with E-state index >= 15 is 0 Å². The molecule has 43 heavy (non-hydrogen) atoms. The summed E-state index contributed by atoms with van der Waals surface area (Å²) in [5.41, 5.74) is 2.71. The van der Waals surface area contributed by atoms with E-state index in [1.807, 2.05) is 20.8 Å². The molecule has 5 amide bonds. The SMILES string of the molecule is C=Cc1ccc(NC(=O)N/C=C/C(=N\N(C)c2ccc(C(=O)N(CC(=O)NC)CC(=O)NC)cc2)C(C)(C)C)nc1C=C. The van der Waals surface area contributed by atoms with E-state index in [0.717, 1.165) is 5.56 Å². The number of hydrogen-bond acceptors (Lipinski definition) is 7. The highest BCUT2D eigenvalue weighted by Gasteiger charge is 2.22. The van der Waals surface area contributed by atoms with E-state index in [-0.39, 0.29) is 18.5 Å². The summed E-state index contributed by atoms with van der Waals surface area (Å²) in [4.78, 5) is 54.8. The van der Waals surface area contributed by atoms with Gasteiger partial charge in [-0.25, -0.2) is 9.78 Å². The van der Waals surface area contributed by atoms with Crippen molar-refractivity contribution in [1.29, 1.82) is 0 Å². The van der Waals surface area contributed by atoms with Crippen LogP contribution in [0, 0.1) is 5.41 Å². The summed E-state index contributed by atoms with van der Waals surface area (Å²) in [6.07, 6.45) is 6.44. The smallest absolute Gasteiger partial charge is 0.324 e. The number of hydrogen-bond donors (Lipinski definition) is 4. The number of anilines is 2. The molecule has 0 aliphatic rings. The van der Waals surface area contributed by atoms with Gasteiger partial charge in [0, 0.05) is 38.3 Å². The number of rotatable bonds is 12. The maximum Gasteiger partial charge on any atom is 0.324 e. The zero-order valence-electron chi connectivity index (χ0n) is 25.5. The van der Waals surface area contributed by atoms with Crippen LogP contribution in [0.25, 0.3) is 12.2 Å². The zero-order valence-corrected chi connectivity index (χ0v) is 25.5. The van der Waals surface area contributed by atoms with Crippen molar-refractivity contribution < 1.29 is 19.2 Å². The van der Waals surface area contributed by atoms with Crippen molar-refractivity contribution in [3.63, 3.8) is 0 Å². The first-order chi connectivity index (χ1) is 20.3. The molecule has 0 radical (unpaired) electrons. The lowest BCUT2D eigenvalue weighted by Crippen LogP contribution is -2.44. The number of carbonyl (C=O) groups is 4. The second-order valence-corrected chi connectivity index (χ2v) is 10.3. The molecule has 228 valence electrons. The zero-order chi connectivity index (χ0) is 32.2. The second kappa shape index (κ2) is 15.7. The number of urea groups is 1. The van der Waals surface area contributed by atoms with Crippen LogP contribution in [-0.4, -0.2) is 73.6 Å². The summed E-state index contributed by atoms with van der Waals surface area (Å²) >= 11 is 0. The molecule has 0 saturated carbocycles. The van der Waals surface area contributed by atoms with Crippen molar-refractivity contribution in [3.05, 3.63) is 78.7 Å². The highest BCUT2D eigenvalue weighted by molar-refractivity contribution is 6.01. The maximum absolute atomic E-state index is 13.1. The van der Waals surface area contributed by atoms with E-state index in [1.165, 1.54) is 25.2 Å². The molecule has 1 aromatic heterocycles.